The summed E-state index contributed by atoms with van der Waals surface area (Å²) < 4.78 is 4.90. The fourth-order valence-electron chi connectivity index (χ4n) is 1.07. The van der Waals surface area contributed by atoms with Gasteiger partial charge in [-0.05, 0) is 20.8 Å². The van der Waals surface area contributed by atoms with Crippen LogP contribution in [-0.2, 0) is 4.79 Å². The lowest BCUT2D eigenvalue weighted by Gasteiger charge is -2.30. The molecule has 6 nitrogen and oxygen atoms in total. The van der Waals surface area contributed by atoms with E-state index in [0.29, 0.717) is 5.76 Å². The van der Waals surface area contributed by atoms with E-state index < -0.39 is 17.4 Å². The van der Waals surface area contributed by atoms with Crippen LogP contribution in [0.15, 0.2) is 10.8 Å². The second kappa shape index (κ2) is 3.96. The number of hydrogen-bond acceptors (Lipinski definition) is 4. The molecule has 0 atom stereocenters. The molecule has 88 valence electrons. The number of aliphatic carboxylic acids is 1. The van der Waals surface area contributed by atoms with Gasteiger partial charge < -0.3 is 14.4 Å². The van der Waals surface area contributed by atoms with Gasteiger partial charge in [0.25, 0.3) is 5.91 Å². The van der Waals surface area contributed by atoms with Crippen LogP contribution < -0.4 is 0 Å². The van der Waals surface area contributed by atoms with Crippen LogP contribution in [0.4, 0.5) is 0 Å². The first-order valence-corrected chi connectivity index (χ1v) is 4.70. The number of likely N-dealkylation sites (N-methyl/N-ethyl adjacent to an activating group) is 1. The minimum atomic E-state index is -1.29. The van der Waals surface area contributed by atoms with E-state index in [0.717, 1.165) is 11.3 Å². The number of aryl methyl sites for hydroxylation is 1. The third kappa shape index (κ3) is 1.91. The summed E-state index contributed by atoms with van der Waals surface area (Å²) in [6.45, 7) is 4.49. The fraction of sp³-hybridized carbons (Fsp3) is 0.500. The van der Waals surface area contributed by atoms with Gasteiger partial charge in [-0.1, -0.05) is 0 Å². The van der Waals surface area contributed by atoms with E-state index in [1.165, 1.54) is 20.9 Å². The van der Waals surface area contributed by atoms with Crippen molar-refractivity contribution in [2.45, 2.75) is 26.3 Å². The first kappa shape index (κ1) is 12.2. The molecule has 1 aromatic heterocycles. The summed E-state index contributed by atoms with van der Waals surface area (Å²) in [6, 6.07) is 0. The standard InChI is InChI=1S/C10H14N2O4/c1-6-7(11-5-16-6)8(13)12(4)10(2,3)9(14)15/h5H,1-4H3,(H,14,15). The Balaban J connectivity index is 3.00. The van der Waals surface area contributed by atoms with E-state index in [1.54, 1.807) is 6.92 Å². The molecule has 1 N–H and O–H groups in total. The van der Waals surface area contributed by atoms with Gasteiger partial charge in [0.1, 0.15) is 11.3 Å². The lowest BCUT2D eigenvalue weighted by Crippen LogP contribution is -2.51. The van der Waals surface area contributed by atoms with Gasteiger partial charge in [0, 0.05) is 7.05 Å². The molecular formula is C10H14N2O4. The average molecular weight is 226 g/mol. The monoisotopic (exact) mass is 226 g/mol. The van der Waals surface area contributed by atoms with Gasteiger partial charge >= 0.3 is 5.97 Å². The average Bonchev–Trinajstić information content (AvgIpc) is 2.61. The third-order valence-corrected chi connectivity index (χ3v) is 2.61. The highest BCUT2D eigenvalue weighted by atomic mass is 16.4. The molecule has 6 heteroatoms. The first-order chi connectivity index (χ1) is 7.28. The van der Waals surface area contributed by atoms with Crippen molar-refractivity contribution in [3.05, 3.63) is 17.8 Å². The largest absolute Gasteiger partial charge is 0.480 e. The number of nitrogens with zero attached hydrogens (tertiary/aromatic N) is 2. The number of rotatable bonds is 3. The van der Waals surface area contributed by atoms with E-state index in [9.17, 15) is 9.59 Å². The second-order valence-corrected chi connectivity index (χ2v) is 3.99. The van der Waals surface area contributed by atoms with Crippen molar-refractivity contribution >= 4 is 11.9 Å². The summed E-state index contributed by atoms with van der Waals surface area (Å²) in [4.78, 5) is 27.8. The Labute approximate surface area is 92.9 Å². The Hall–Kier alpha value is -1.85. The summed E-state index contributed by atoms with van der Waals surface area (Å²) in [5.41, 5.74) is -1.15. The minimum absolute atomic E-state index is 0.136. The smallest absolute Gasteiger partial charge is 0.329 e. The van der Waals surface area contributed by atoms with E-state index in [4.69, 9.17) is 9.52 Å². The molecule has 0 aliphatic heterocycles. The number of carbonyl (C=O) groups is 2. The van der Waals surface area contributed by atoms with Crippen molar-refractivity contribution in [1.29, 1.82) is 0 Å². The summed E-state index contributed by atoms with van der Waals surface area (Å²) in [5, 5.41) is 8.99. The van der Waals surface area contributed by atoms with Crippen molar-refractivity contribution in [1.82, 2.24) is 9.88 Å². The zero-order chi connectivity index (χ0) is 12.5. The first-order valence-electron chi connectivity index (χ1n) is 4.70. The van der Waals surface area contributed by atoms with E-state index in [2.05, 4.69) is 4.98 Å². The molecule has 0 unspecified atom stereocenters. The van der Waals surface area contributed by atoms with Crippen LogP contribution in [0.3, 0.4) is 0 Å². The zero-order valence-corrected chi connectivity index (χ0v) is 9.64. The minimum Gasteiger partial charge on any atom is -0.480 e. The van der Waals surface area contributed by atoms with Crippen LogP contribution in [-0.4, -0.2) is 39.5 Å². The Morgan fingerprint density at radius 1 is 1.50 bits per heavy atom. The molecule has 0 radical (unpaired) electrons. The van der Waals surface area contributed by atoms with Crippen LogP contribution in [0.5, 0.6) is 0 Å². The van der Waals surface area contributed by atoms with Crippen molar-refractivity contribution in [2.75, 3.05) is 7.05 Å². The lowest BCUT2D eigenvalue weighted by molar-refractivity contribution is -0.147. The predicted octanol–water partition coefficient (Wildman–Crippen LogP) is 0.918. The van der Waals surface area contributed by atoms with Crippen molar-refractivity contribution in [3.63, 3.8) is 0 Å². The highest BCUT2D eigenvalue weighted by Gasteiger charge is 2.36. The van der Waals surface area contributed by atoms with Gasteiger partial charge in [-0.25, -0.2) is 9.78 Å². The van der Waals surface area contributed by atoms with Crippen molar-refractivity contribution < 1.29 is 19.1 Å². The molecule has 0 aliphatic carbocycles. The van der Waals surface area contributed by atoms with E-state index in [1.807, 2.05) is 0 Å². The summed E-state index contributed by atoms with van der Waals surface area (Å²) in [5.74, 6) is -1.18. The van der Waals surface area contributed by atoms with Crippen LogP contribution >= 0.6 is 0 Å². The second-order valence-electron chi connectivity index (χ2n) is 3.99. The quantitative estimate of drug-likeness (QED) is 0.828. The SMILES string of the molecule is Cc1ocnc1C(=O)N(C)C(C)(C)C(=O)O. The van der Waals surface area contributed by atoms with Gasteiger partial charge in [-0.2, -0.15) is 0 Å². The fourth-order valence-corrected chi connectivity index (χ4v) is 1.07. The normalized spacial score (nSPS) is 11.2. The van der Waals surface area contributed by atoms with Crippen LogP contribution in [0, 0.1) is 6.92 Å². The molecule has 0 saturated heterocycles. The number of amides is 1. The third-order valence-electron chi connectivity index (χ3n) is 2.61. The topological polar surface area (TPSA) is 83.6 Å². The molecule has 0 bridgehead atoms. The highest BCUT2D eigenvalue weighted by molar-refractivity contribution is 5.96. The maximum Gasteiger partial charge on any atom is 0.329 e. The maximum atomic E-state index is 11.9. The number of oxazole rings is 1. The number of carboxylic acid groups (broad SMARTS) is 1. The number of carbonyl (C=O) groups excluding carboxylic acids is 1. The van der Waals surface area contributed by atoms with E-state index in [-0.39, 0.29) is 5.69 Å². The predicted molar refractivity (Wildman–Crippen MR) is 55.0 cm³/mol. The molecule has 1 amide bonds. The van der Waals surface area contributed by atoms with Gasteiger partial charge in [-0.3, -0.25) is 4.79 Å². The number of aromatic nitrogens is 1. The van der Waals surface area contributed by atoms with Gasteiger partial charge in [0.15, 0.2) is 12.1 Å². The number of hydrogen-bond donors (Lipinski definition) is 1. The van der Waals surface area contributed by atoms with Crippen LogP contribution in [0.25, 0.3) is 0 Å². The molecule has 0 saturated carbocycles. The zero-order valence-electron chi connectivity index (χ0n) is 9.64. The molecule has 0 aliphatic rings. The van der Waals surface area contributed by atoms with E-state index >= 15 is 0 Å². The van der Waals surface area contributed by atoms with Crippen LogP contribution in [0.1, 0.15) is 30.1 Å². The van der Waals surface area contributed by atoms with Crippen LogP contribution in [0.2, 0.25) is 0 Å². The molecular weight excluding hydrogens is 212 g/mol. The Kier molecular flexibility index (Phi) is 3.02. The molecule has 0 fully saturated rings. The molecule has 1 heterocycles. The molecule has 1 aromatic rings. The number of carboxylic acids is 1. The highest BCUT2D eigenvalue weighted by Crippen LogP contribution is 2.17. The molecule has 0 spiro atoms. The lowest BCUT2D eigenvalue weighted by atomic mass is 10.0. The summed E-state index contributed by atoms with van der Waals surface area (Å²) >= 11 is 0. The summed E-state index contributed by atoms with van der Waals surface area (Å²) in [7, 11) is 1.42. The maximum absolute atomic E-state index is 11.9. The van der Waals surface area contributed by atoms with Crippen molar-refractivity contribution in [3.8, 4) is 0 Å². The van der Waals surface area contributed by atoms with Gasteiger partial charge in [0.05, 0.1) is 0 Å². The Morgan fingerprint density at radius 2 is 2.06 bits per heavy atom. The van der Waals surface area contributed by atoms with Gasteiger partial charge in [-0.15, -0.1) is 0 Å². The molecule has 0 aromatic carbocycles. The van der Waals surface area contributed by atoms with Gasteiger partial charge in [0.2, 0.25) is 0 Å². The Morgan fingerprint density at radius 3 is 2.44 bits per heavy atom. The molecule has 16 heavy (non-hydrogen) atoms. The summed E-state index contributed by atoms with van der Waals surface area (Å²) in [6.07, 6.45) is 1.16. The van der Waals surface area contributed by atoms with Crippen molar-refractivity contribution in [2.24, 2.45) is 0 Å². The Bertz CT molecular complexity index is 422. The molecule has 1 rings (SSSR count).